The molecule has 0 unspecified atom stereocenters. The molecule has 7 heteroatoms. The molecule has 0 saturated heterocycles. The number of fused-ring (bicyclic) bond motifs is 1. The zero-order valence-electron chi connectivity index (χ0n) is 15.2. The van der Waals surface area contributed by atoms with E-state index in [0.29, 0.717) is 28.2 Å². The summed E-state index contributed by atoms with van der Waals surface area (Å²) in [4.78, 5) is 19.0. The van der Waals surface area contributed by atoms with E-state index in [-0.39, 0.29) is 5.91 Å². The molecule has 0 fully saturated rings. The van der Waals surface area contributed by atoms with E-state index in [1.54, 1.807) is 4.68 Å². The minimum atomic E-state index is -0.213. The van der Waals surface area contributed by atoms with Crippen molar-refractivity contribution < 1.29 is 4.79 Å². The first kappa shape index (κ1) is 18.4. The molecule has 0 radical (unpaired) electrons. The van der Waals surface area contributed by atoms with Crippen molar-refractivity contribution in [2.75, 3.05) is 27.2 Å². The van der Waals surface area contributed by atoms with Crippen LogP contribution in [0, 0.1) is 6.92 Å². The predicted octanol–water partition coefficient (Wildman–Crippen LogP) is 3.06. The largest absolute Gasteiger partial charge is 0.352 e. The third-order valence-electron chi connectivity index (χ3n) is 4.12. The highest BCUT2D eigenvalue weighted by Gasteiger charge is 2.19. The number of carbonyl (C=O) groups excluding carboxylic acids is 1. The van der Waals surface area contributed by atoms with Crippen molar-refractivity contribution in [3.05, 3.63) is 52.8 Å². The summed E-state index contributed by atoms with van der Waals surface area (Å²) < 4.78 is 1.75. The van der Waals surface area contributed by atoms with Crippen LogP contribution in [0.25, 0.3) is 16.7 Å². The molecule has 1 N–H and O–H groups in total. The molecule has 1 amide bonds. The number of aryl methyl sites for hydroxylation is 1. The summed E-state index contributed by atoms with van der Waals surface area (Å²) in [7, 11) is 4.01. The summed E-state index contributed by atoms with van der Waals surface area (Å²) in [6, 6.07) is 9.73. The molecule has 136 valence electrons. The zero-order valence-corrected chi connectivity index (χ0v) is 15.9. The van der Waals surface area contributed by atoms with Crippen LogP contribution in [-0.4, -0.2) is 52.8 Å². The minimum absolute atomic E-state index is 0.213. The van der Waals surface area contributed by atoms with Crippen LogP contribution in [0.5, 0.6) is 0 Å². The Kier molecular flexibility index (Phi) is 5.54. The lowest BCUT2D eigenvalue weighted by Crippen LogP contribution is -2.27. The summed E-state index contributed by atoms with van der Waals surface area (Å²) in [6.07, 6.45) is 2.39. The molecular weight excluding hydrogens is 350 g/mol. The summed E-state index contributed by atoms with van der Waals surface area (Å²) in [6.45, 7) is 3.37. The van der Waals surface area contributed by atoms with Crippen molar-refractivity contribution >= 4 is 28.5 Å². The average molecular weight is 372 g/mol. The number of nitrogens with zero attached hydrogens (tertiary/aromatic N) is 4. The van der Waals surface area contributed by atoms with Gasteiger partial charge in [0.05, 0.1) is 27.4 Å². The molecule has 3 rings (SSSR count). The predicted molar refractivity (Wildman–Crippen MR) is 104 cm³/mol. The maximum atomic E-state index is 12.5. The fourth-order valence-electron chi connectivity index (χ4n) is 2.81. The second-order valence-electron chi connectivity index (χ2n) is 6.43. The number of carbonyl (C=O) groups is 1. The molecule has 2 aromatic heterocycles. The Hall–Kier alpha value is -2.44. The lowest BCUT2D eigenvalue weighted by molar-refractivity contribution is 0.0952. The number of pyridine rings is 1. The molecule has 0 atom stereocenters. The maximum absolute atomic E-state index is 12.5. The Balaban J connectivity index is 1.89. The van der Waals surface area contributed by atoms with E-state index in [1.807, 2.05) is 51.4 Å². The minimum Gasteiger partial charge on any atom is -0.352 e. The average Bonchev–Trinajstić information content (AvgIpc) is 2.97. The fourth-order valence-corrected chi connectivity index (χ4v) is 3.16. The number of nitrogens with one attached hydrogen (secondary N) is 1. The van der Waals surface area contributed by atoms with Crippen LogP contribution in [0.1, 0.15) is 22.5 Å². The number of para-hydroxylation sites is 1. The molecule has 26 heavy (non-hydrogen) atoms. The van der Waals surface area contributed by atoms with Gasteiger partial charge in [0.25, 0.3) is 5.91 Å². The first-order valence-electron chi connectivity index (χ1n) is 8.51. The van der Waals surface area contributed by atoms with Gasteiger partial charge in [-0.1, -0.05) is 29.8 Å². The number of hydrogen-bond donors (Lipinski definition) is 1. The molecular formula is C19H22ClN5O. The van der Waals surface area contributed by atoms with Gasteiger partial charge in [-0.2, -0.15) is 5.10 Å². The quantitative estimate of drug-likeness (QED) is 0.676. The van der Waals surface area contributed by atoms with Crippen molar-refractivity contribution in [2.24, 2.45) is 0 Å². The number of amides is 1. The summed E-state index contributed by atoms with van der Waals surface area (Å²) in [5.74, 6) is -0.213. The first-order chi connectivity index (χ1) is 12.5. The van der Waals surface area contributed by atoms with Gasteiger partial charge in [-0.05, 0) is 46.1 Å². The standard InChI is InChI=1S/C19H22ClN5O/c1-13-16-17(20)15(19(26)21-10-7-11-24(2)3)12-22-18(16)25(23-13)14-8-5-4-6-9-14/h4-6,8-9,12H,7,10-11H2,1-3H3,(H,21,26). The number of aromatic nitrogens is 3. The van der Waals surface area contributed by atoms with Crippen molar-refractivity contribution in [1.29, 1.82) is 0 Å². The summed E-state index contributed by atoms with van der Waals surface area (Å²) in [5, 5.41) is 8.54. The smallest absolute Gasteiger partial charge is 0.254 e. The zero-order chi connectivity index (χ0) is 18.7. The number of halogens is 1. The molecule has 0 spiro atoms. The van der Waals surface area contributed by atoms with Gasteiger partial charge in [0.2, 0.25) is 0 Å². The highest BCUT2D eigenvalue weighted by Crippen LogP contribution is 2.29. The molecule has 0 bridgehead atoms. The van der Waals surface area contributed by atoms with E-state index in [4.69, 9.17) is 11.6 Å². The van der Waals surface area contributed by atoms with Crippen molar-refractivity contribution in [2.45, 2.75) is 13.3 Å². The van der Waals surface area contributed by atoms with E-state index in [9.17, 15) is 4.79 Å². The molecule has 0 saturated carbocycles. The number of hydrogen-bond acceptors (Lipinski definition) is 4. The summed E-state index contributed by atoms with van der Waals surface area (Å²) in [5.41, 5.74) is 2.65. The molecule has 6 nitrogen and oxygen atoms in total. The Morgan fingerprint density at radius 1 is 1.27 bits per heavy atom. The van der Waals surface area contributed by atoms with E-state index in [0.717, 1.165) is 24.3 Å². The molecule has 0 aliphatic heterocycles. The highest BCUT2D eigenvalue weighted by atomic mass is 35.5. The second-order valence-corrected chi connectivity index (χ2v) is 6.81. The third kappa shape index (κ3) is 3.71. The first-order valence-corrected chi connectivity index (χ1v) is 8.89. The lowest BCUT2D eigenvalue weighted by Gasteiger charge is -2.10. The Morgan fingerprint density at radius 2 is 2.00 bits per heavy atom. The van der Waals surface area contributed by atoms with Crippen molar-refractivity contribution in [3.63, 3.8) is 0 Å². The molecule has 2 heterocycles. The van der Waals surface area contributed by atoms with Gasteiger partial charge in [0.15, 0.2) is 5.65 Å². The van der Waals surface area contributed by atoms with Gasteiger partial charge >= 0.3 is 0 Å². The summed E-state index contributed by atoms with van der Waals surface area (Å²) >= 11 is 6.54. The van der Waals surface area contributed by atoms with Crippen LogP contribution in [-0.2, 0) is 0 Å². The molecule has 3 aromatic rings. The van der Waals surface area contributed by atoms with Gasteiger partial charge in [0.1, 0.15) is 0 Å². The van der Waals surface area contributed by atoms with E-state index >= 15 is 0 Å². The van der Waals surface area contributed by atoms with Crippen LogP contribution in [0.15, 0.2) is 36.5 Å². The van der Waals surface area contributed by atoms with E-state index < -0.39 is 0 Å². The van der Waals surface area contributed by atoms with Gasteiger partial charge in [0, 0.05) is 12.7 Å². The second kappa shape index (κ2) is 7.85. The topological polar surface area (TPSA) is 63.1 Å². The van der Waals surface area contributed by atoms with Crippen LogP contribution < -0.4 is 5.32 Å². The lowest BCUT2D eigenvalue weighted by atomic mass is 10.2. The number of benzene rings is 1. The van der Waals surface area contributed by atoms with Crippen LogP contribution >= 0.6 is 11.6 Å². The third-order valence-corrected chi connectivity index (χ3v) is 4.51. The molecule has 0 aliphatic carbocycles. The number of rotatable bonds is 6. The van der Waals surface area contributed by atoms with E-state index in [1.165, 1.54) is 6.20 Å². The molecule has 0 aliphatic rings. The Labute approximate surface area is 157 Å². The molecule has 1 aromatic carbocycles. The van der Waals surface area contributed by atoms with Crippen LogP contribution in [0.4, 0.5) is 0 Å². The van der Waals surface area contributed by atoms with Crippen LogP contribution in [0.2, 0.25) is 5.02 Å². The van der Waals surface area contributed by atoms with Gasteiger partial charge < -0.3 is 10.2 Å². The highest BCUT2D eigenvalue weighted by molar-refractivity contribution is 6.38. The van der Waals surface area contributed by atoms with Crippen LogP contribution in [0.3, 0.4) is 0 Å². The SMILES string of the molecule is Cc1nn(-c2ccccc2)c2ncc(C(=O)NCCCN(C)C)c(Cl)c12. The normalized spacial score (nSPS) is 11.3. The monoisotopic (exact) mass is 371 g/mol. The van der Waals surface area contributed by atoms with Gasteiger partial charge in [-0.3, -0.25) is 4.79 Å². The maximum Gasteiger partial charge on any atom is 0.254 e. The fraction of sp³-hybridized carbons (Fsp3) is 0.316. The Morgan fingerprint density at radius 3 is 2.69 bits per heavy atom. The Bertz CT molecular complexity index is 921. The van der Waals surface area contributed by atoms with Gasteiger partial charge in [-0.25, -0.2) is 9.67 Å². The van der Waals surface area contributed by atoms with E-state index in [2.05, 4.69) is 20.3 Å². The van der Waals surface area contributed by atoms with Crippen molar-refractivity contribution in [1.82, 2.24) is 25.0 Å². The van der Waals surface area contributed by atoms with Gasteiger partial charge in [-0.15, -0.1) is 0 Å². The van der Waals surface area contributed by atoms with Crippen molar-refractivity contribution in [3.8, 4) is 5.69 Å².